The second-order valence-corrected chi connectivity index (χ2v) is 6.87. The molecule has 0 saturated heterocycles. The maximum Gasteiger partial charge on any atom is 0.362 e. The van der Waals surface area contributed by atoms with Gasteiger partial charge in [0.15, 0.2) is 5.75 Å². The molecule has 0 saturated carbocycles. The topological polar surface area (TPSA) is 53.4 Å². The molecule has 0 fully saturated rings. The van der Waals surface area contributed by atoms with Gasteiger partial charge in [0.25, 0.3) is 0 Å². The second-order valence-electron chi connectivity index (χ2n) is 5.26. The minimum Gasteiger partial charge on any atom is -0.493 e. The minimum absolute atomic E-state index is 0.160. The Bertz CT molecular complexity index is 866. The van der Waals surface area contributed by atoms with Crippen LogP contribution < -0.4 is 4.74 Å². The summed E-state index contributed by atoms with van der Waals surface area (Å²) in [5.74, 6) is 0.507. The molecule has 1 aromatic heterocycles. The molecule has 5 nitrogen and oxygen atoms in total. The molecule has 26 heavy (non-hydrogen) atoms. The number of rotatable bonds is 7. The van der Waals surface area contributed by atoms with Crippen LogP contribution in [0.4, 0.5) is 0 Å². The number of nitrogens with zero attached hydrogens (tertiary/aromatic N) is 2. The molecule has 0 N–H and O–H groups in total. The van der Waals surface area contributed by atoms with Crippen LogP contribution in [0.25, 0.3) is 5.69 Å². The molecule has 0 spiro atoms. The van der Waals surface area contributed by atoms with E-state index in [0.29, 0.717) is 16.5 Å². The highest BCUT2D eigenvalue weighted by Gasteiger charge is 2.19. The Kier molecular flexibility index (Phi) is 6.20. The molecular formula is C19H17ClN2O3S. The number of carbonyl (C=O) groups excluding carboxylic acids is 1. The molecule has 0 atom stereocenters. The van der Waals surface area contributed by atoms with Gasteiger partial charge in [0.05, 0.1) is 19.0 Å². The van der Waals surface area contributed by atoms with Crippen LogP contribution in [0, 0.1) is 0 Å². The molecule has 134 valence electrons. The van der Waals surface area contributed by atoms with Gasteiger partial charge in [-0.25, -0.2) is 9.48 Å². The lowest BCUT2D eigenvalue weighted by Crippen LogP contribution is -2.10. The fourth-order valence-electron chi connectivity index (χ4n) is 2.25. The zero-order valence-electron chi connectivity index (χ0n) is 14.1. The van der Waals surface area contributed by atoms with Crippen molar-refractivity contribution in [3.8, 4) is 11.4 Å². The highest BCUT2D eigenvalue weighted by Crippen LogP contribution is 2.22. The van der Waals surface area contributed by atoms with Crippen molar-refractivity contribution in [1.29, 1.82) is 0 Å². The monoisotopic (exact) mass is 388 g/mol. The minimum atomic E-state index is -0.506. The summed E-state index contributed by atoms with van der Waals surface area (Å²) in [7, 11) is 1.50. The summed E-state index contributed by atoms with van der Waals surface area (Å²) in [4.78, 5) is 13.4. The average Bonchev–Trinajstić information content (AvgIpc) is 3.12. The number of hydrogen-bond acceptors (Lipinski definition) is 5. The van der Waals surface area contributed by atoms with Gasteiger partial charge >= 0.3 is 5.97 Å². The predicted octanol–water partition coefficient (Wildman–Crippen LogP) is 4.48. The van der Waals surface area contributed by atoms with Crippen LogP contribution in [0.3, 0.4) is 0 Å². The normalized spacial score (nSPS) is 10.5. The van der Waals surface area contributed by atoms with E-state index in [1.165, 1.54) is 7.11 Å². The van der Waals surface area contributed by atoms with E-state index >= 15 is 0 Å². The number of methoxy groups -OCH3 is 1. The summed E-state index contributed by atoms with van der Waals surface area (Å²) in [5, 5.41) is 4.99. The van der Waals surface area contributed by atoms with Crippen molar-refractivity contribution in [3.63, 3.8) is 0 Å². The highest BCUT2D eigenvalue weighted by molar-refractivity contribution is 7.99. The Morgan fingerprint density at radius 2 is 1.88 bits per heavy atom. The summed E-state index contributed by atoms with van der Waals surface area (Å²) in [6, 6.07) is 17.0. The Labute approximate surface area is 160 Å². The van der Waals surface area contributed by atoms with E-state index in [9.17, 15) is 4.79 Å². The van der Waals surface area contributed by atoms with Gasteiger partial charge in [0, 0.05) is 15.7 Å². The zero-order valence-corrected chi connectivity index (χ0v) is 15.7. The lowest BCUT2D eigenvalue weighted by atomic mass is 10.3. The predicted molar refractivity (Wildman–Crippen MR) is 103 cm³/mol. The number of esters is 1. The average molecular weight is 389 g/mol. The quantitative estimate of drug-likeness (QED) is 0.339. The lowest BCUT2D eigenvalue weighted by molar-refractivity contribution is 0.0519. The molecule has 1 heterocycles. The first-order valence-corrected chi connectivity index (χ1v) is 9.28. The zero-order chi connectivity index (χ0) is 18.4. The molecule has 0 aliphatic heterocycles. The molecule has 0 radical (unpaired) electrons. The van der Waals surface area contributed by atoms with E-state index in [2.05, 4.69) is 5.10 Å². The standard InChI is InChI=1S/C19H17ClN2O3S/c1-24-17-13-22(15-5-3-2-4-6-15)21-18(17)19(23)25-11-12-26-16-9-7-14(20)8-10-16/h2-10,13H,11-12H2,1H3. The molecule has 0 amide bonds. The summed E-state index contributed by atoms with van der Waals surface area (Å²) < 4.78 is 12.2. The van der Waals surface area contributed by atoms with Gasteiger partial charge in [0.2, 0.25) is 5.69 Å². The number of benzene rings is 2. The number of hydrogen-bond donors (Lipinski definition) is 0. The van der Waals surface area contributed by atoms with E-state index in [4.69, 9.17) is 21.1 Å². The van der Waals surface area contributed by atoms with Crippen molar-refractivity contribution in [2.75, 3.05) is 19.5 Å². The summed E-state index contributed by atoms with van der Waals surface area (Å²) >= 11 is 7.44. The Hall–Kier alpha value is -2.44. The van der Waals surface area contributed by atoms with Crippen LogP contribution >= 0.6 is 23.4 Å². The number of carbonyl (C=O) groups is 1. The van der Waals surface area contributed by atoms with Gasteiger partial charge in [-0.1, -0.05) is 29.8 Å². The molecule has 3 rings (SSSR count). The van der Waals surface area contributed by atoms with E-state index in [1.807, 2.05) is 54.6 Å². The fourth-order valence-corrected chi connectivity index (χ4v) is 3.11. The van der Waals surface area contributed by atoms with Crippen LogP contribution in [-0.2, 0) is 4.74 Å². The molecule has 0 unspecified atom stereocenters. The summed E-state index contributed by atoms with van der Waals surface area (Å²) in [5.41, 5.74) is 0.996. The van der Waals surface area contributed by atoms with E-state index in [-0.39, 0.29) is 12.3 Å². The maximum atomic E-state index is 12.3. The van der Waals surface area contributed by atoms with Crippen molar-refractivity contribution in [2.45, 2.75) is 4.90 Å². The Morgan fingerprint density at radius 3 is 2.58 bits per heavy atom. The number of thioether (sulfide) groups is 1. The van der Waals surface area contributed by atoms with Gasteiger partial charge in [-0.05, 0) is 36.4 Å². The van der Waals surface area contributed by atoms with Gasteiger partial charge in [-0.2, -0.15) is 5.10 Å². The van der Waals surface area contributed by atoms with Gasteiger partial charge in [0.1, 0.15) is 6.61 Å². The summed E-state index contributed by atoms with van der Waals surface area (Å²) in [6.07, 6.45) is 1.66. The smallest absolute Gasteiger partial charge is 0.362 e. The highest BCUT2D eigenvalue weighted by atomic mass is 35.5. The third-order valence-electron chi connectivity index (χ3n) is 3.51. The SMILES string of the molecule is COc1cn(-c2ccccc2)nc1C(=O)OCCSc1ccc(Cl)cc1. The third kappa shape index (κ3) is 4.59. The number of ether oxygens (including phenoxy) is 2. The Morgan fingerprint density at radius 1 is 1.15 bits per heavy atom. The van der Waals surface area contributed by atoms with Crippen molar-refractivity contribution in [2.24, 2.45) is 0 Å². The first-order chi connectivity index (χ1) is 12.7. The van der Waals surface area contributed by atoms with Crippen molar-refractivity contribution >= 4 is 29.3 Å². The van der Waals surface area contributed by atoms with E-state index < -0.39 is 5.97 Å². The first kappa shape index (κ1) is 18.4. The number of halogens is 1. The molecule has 3 aromatic rings. The summed E-state index contributed by atoms with van der Waals surface area (Å²) in [6.45, 7) is 0.271. The van der Waals surface area contributed by atoms with Crippen molar-refractivity contribution in [1.82, 2.24) is 9.78 Å². The lowest BCUT2D eigenvalue weighted by Gasteiger charge is -2.04. The second kappa shape index (κ2) is 8.78. The van der Waals surface area contributed by atoms with Gasteiger partial charge < -0.3 is 9.47 Å². The maximum absolute atomic E-state index is 12.3. The van der Waals surface area contributed by atoms with Gasteiger partial charge in [-0.15, -0.1) is 11.8 Å². The molecule has 0 bridgehead atoms. The van der Waals surface area contributed by atoms with Gasteiger partial charge in [-0.3, -0.25) is 0 Å². The first-order valence-electron chi connectivity index (χ1n) is 7.92. The van der Waals surface area contributed by atoms with E-state index in [0.717, 1.165) is 10.6 Å². The Balaban J connectivity index is 1.59. The van der Waals surface area contributed by atoms with Crippen molar-refractivity contribution < 1.29 is 14.3 Å². The molecule has 2 aromatic carbocycles. The van der Waals surface area contributed by atoms with E-state index in [1.54, 1.807) is 22.6 Å². The molecule has 0 aliphatic rings. The fraction of sp³-hybridized carbons (Fsp3) is 0.158. The third-order valence-corrected chi connectivity index (χ3v) is 4.74. The number of para-hydroxylation sites is 1. The molecule has 0 aliphatic carbocycles. The molecular weight excluding hydrogens is 372 g/mol. The van der Waals surface area contributed by atoms with Crippen LogP contribution in [0.15, 0.2) is 65.7 Å². The number of aromatic nitrogens is 2. The van der Waals surface area contributed by atoms with Crippen LogP contribution in [0.2, 0.25) is 5.02 Å². The van der Waals surface area contributed by atoms with Crippen LogP contribution in [0.5, 0.6) is 5.75 Å². The molecule has 7 heteroatoms. The van der Waals surface area contributed by atoms with Crippen LogP contribution in [0.1, 0.15) is 10.5 Å². The van der Waals surface area contributed by atoms with Crippen molar-refractivity contribution in [3.05, 3.63) is 71.5 Å². The van der Waals surface area contributed by atoms with Crippen LogP contribution in [-0.4, -0.2) is 35.2 Å². The largest absolute Gasteiger partial charge is 0.493 e.